The van der Waals surface area contributed by atoms with Crippen molar-refractivity contribution in [2.45, 2.75) is 26.4 Å². The first-order chi connectivity index (χ1) is 12.7. The average molecular weight is 372 g/mol. The Kier molecular flexibility index (Phi) is 6.59. The molecular formula is C19H24N4O4. The highest BCUT2D eigenvalue weighted by Crippen LogP contribution is 2.22. The number of nitrogen functional groups attached to an aromatic ring is 1. The molecule has 4 N–H and O–H groups in total. The van der Waals surface area contributed by atoms with Crippen LogP contribution in [-0.4, -0.2) is 35.7 Å². The Hall–Kier alpha value is -3.29. The molecule has 2 rings (SSSR count). The van der Waals surface area contributed by atoms with Crippen molar-refractivity contribution in [1.82, 2.24) is 15.6 Å². The number of nitrogens with one attached hydrogen (secondary N) is 2. The molecule has 1 aromatic heterocycles. The highest BCUT2D eigenvalue weighted by atomic mass is 16.6. The molecule has 0 unspecified atom stereocenters. The lowest BCUT2D eigenvalue weighted by Gasteiger charge is -2.19. The number of aromatic nitrogens is 1. The van der Waals surface area contributed by atoms with Crippen LogP contribution in [0.4, 0.5) is 10.5 Å². The molecule has 8 heteroatoms. The van der Waals surface area contributed by atoms with Crippen LogP contribution in [0.2, 0.25) is 0 Å². The summed E-state index contributed by atoms with van der Waals surface area (Å²) in [5.41, 5.74) is 5.92. The molecule has 2 aromatic rings. The van der Waals surface area contributed by atoms with Gasteiger partial charge in [-0.25, -0.2) is 4.79 Å². The van der Waals surface area contributed by atoms with Crippen LogP contribution in [0, 0.1) is 0 Å². The van der Waals surface area contributed by atoms with Crippen molar-refractivity contribution < 1.29 is 19.1 Å². The normalized spacial score (nSPS) is 10.8. The number of alkyl carbamates (subject to hydrolysis) is 1. The number of anilines is 1. The Morgan fingerprint density at radius 2 is 1.70 bits per heavy atom. The smallest absolute Gasteiger partial charge is 0.407 e. The first kappa shape index (κ1) is 20.0. The van der Waals surface area contributed by atoms with Gasteiger partial charge in [0.1, 0.15) is 22.8 Å². The molecule has 1 aromatic carbocycles. The highest BCUT2D eigenvalue weighted by molar-refractivity contribution is 5.92. The minimum absolute atomic E-state index is 0.209. The number of pyridine rings is 1. The van der Waals surface area contributed by atoms with Crippen molar-refractivity contribution in [2.24, 2.45) is 0 Å². The Morgan fingerprint density at radius 1 is 1.04 bits per heavy atom. The summed E-state index contributed by atoms with van der Waals surface area (Å²) < 4.78 is 10.8. The maximum absolute atomic E-state index is 12.2. The lowest BCUT2D eigenvalue weighted by atomic mass is 10.2. The van der Waals surface area contributed by atoms with Crippen molar-refractivity contribution in [3.05, 3.63) is 48.3 Å². The molecule has 0 saturated heterocycles. The number of hydrogen-bond donors (Lipinski definition) is 3. The molecule has 0 bridgehead atoms. The van der Waals surface area contributed by atoms with Gasteiger partial charge in [-0.1, -0.05) is 0 Å². The number of amides is 2. The van der Waals surface area contributed by atoms with E-state index in [2.05, 4.69) is 15.6 Å². The Morgan fingerprint density at radius 3 is 2.37 bits per heavy atom. The third-order valence-corrected chi connectivity index (χ3v) is 3.16. The number of hydrogen-bond acceptors (Lipinski definition) is 6. The molecule has 0 saturated carbocycles. The van der Waals surface area contributed by atoms with Crippen LogP contribution in [0.15, 0.2) is 42.6 Å². The summed E-state index contributed by atoms with van der Waals surface area (Å²) in [6.45, 7) is 5.81. The quantitative estimate of drug-likeness (QED) is 0.530. The Balaban J connectivity index is 1.82. The summed E-state index contributed by atoms with van der Waals surface area (Å²) in [4.78, 5) is 27.7. The summed E-state index contributed by atoms with van der Waals surface area (Å²) in [7, 11) is 0. The zero-order valence-corrected chi connectivity index (χ0v) is 15.6. The van der Waals surface area contributed by atoms with Gasteiger partial charge in [0, 0.05) is 31.0 Å². The second-order valence-electron chi connectivity index (χ2n) is 6.73. The molecule has 0 atom stereocenters. The summed E-state index contributed by atoms with van der Waals surface area (Å²) in [5, 5.41) is 5.24. The van der Waals surface area contributed by atoms with E-state index in [1.54, 1.807) is 51.1 Å². The molecule has 0 aliphatic carbocycles. The zero-order valence-electron chi connectivity index (χ0n) is 15.6. The number of ether oxygens (including phenoxy) is 2. The molecule has 0 aliphatic heterocycles. The number of carbonyl (C=O) groups is 2. The standard InChI is InChI=1S/C19H24N4O4/c1-19(2,3)27-18(25)23-11-10-22-17(24)16-12-15(8-9-21-16)26-14-6-4-13(20)5-7-14/h4-9,12H,10-11,20H2,1-3H3,(H,22,24)(H,23,25). The van der Waals surface area contributed by atoms with E-state index in [-0.39, 0.29) is 24.7 Å². The lowest BCUT2D eigenvalue weighted by molar-refractivity contribution is 0.0526. The van der Waals surface area contributed by atoms with Crippen molar-refractivity contribution in [3.63, 3.8) is 0 Å². The van der Waals surface area contributed by atoms with E-state index in [1.165, 1.54) is 12.3 Å². The van der Waals surface area contributed by atoms with Crippen LogP contribution >= 0.6 is 0 Å². The van der Waals surface area contributed by atoms with Gasteiger partial charge in [-0.2, -0.15) is 0 Å². The van der Waals surface area contributed by atoms with Gasteiger partial charge in [-0.15, -0.1) is 0 Å². The van der Waals surface area contributed by atoms with Gasteiger partial charge in [0.05, 0.1) is 0 Å². The van der Waals surface area contributed by atoms with E-state index in [1.807, 2.05) is 0 Å². The van der Waals surface area contributed by atoms with Gasteiger partial charge >= 0.3 is 6.09 Å². The summed E-state index contributed by atoms with van der Waals surface area (Å²) >= 11 is 0. The van der Waals surface area contributed by atoms with Gasteiger partial charge < -0.3 is 25.8 Å². The van der Waals surface area contributed by atoms with Gasteiger partial charge in [0.25, 0.3) is 5.91 Å². The molecule has 0 radical (unpaired) electrons. The lowest BCUT2D eigenvalue weighted by Crippen LogP contribution is -2.38. The monoisotopic (exact) mass is 372 g/mol. The fraction of sp³-hybridized carbons (Fsp3) is 0.316. The summed E-state index contributed by atoms with van der Waals surface area (Å²) in [6.07, 6.45) is 0.953. The maximum atomic E-state index is 12.2. The second-order valence-corrected chi connectivity index (χ2v) is 6.73. The van der Waals surface area contributed by atoms with E-state index in [0.29, 0.717) is 17.2 Å². The number of carbonyl (C=O) groups excluding carboxylic acids is 2. The van der Waals surface area contributed by atoms with Crippen molar-refractivity contribution >= 4 is 17.7 Å². The summed E-state index contributed by atoms with van der Waals surface area (Å²) in [5.74, 6) is 0.707. The maximum Gasteiger partial charge on any atom is 0.407 e. The van der Waals surface area contributed by atoms with Gasteiger partial charge in [-0.05, 0) is 51.1 Å². The SMILES string of the molecule is CC(C)(C)OC(=O)NCCNC(=O)c1cc(Oc2ccc(N)cc2)ccn1. The Bertz CT molecular complexity index is 785. The number of rotatable bonds is 6. The van der Waals surface area contributed by atoms with E-state index in [9.17, 15) is 9.59 Å². The van der Waals surface area contributed by atoms with E-state index in [4.69, 9.17) is 15.2 Å². The van der Waals surface area contributed by atoms with Crippen LogP contribution in [0.1, 0.15) is 31.3 Å². The van der Waals surface area contributed by atoms with Gasteiger partial charge in [0.15, 0.2) is 0 Å². The van der Waals surface area contributed by atoms with Crippen LogP contribution in [0.25, 0.3) is 0 Å². The molecular weight excluding hydrogens is 348 g/mol. The molecule has 0 fully saturated rings. The average Bonchev–Trinajstić information content (AvgIpc) is 2.59. The fourth-order valence-corrected chi connectivity index (χ4v) is 2.02. The largest absolute Gasteiger partial charge is 0.457 e. The van der Waals surface area contributed by atoms with Crippen LogP contribution in [0.3, 0.4) is 0 Å². The molecule has 27 heavy (non-hydrogen) atoms. The number of benzene rings is 1. The minimum atomic E-state index is -0.567. The predicted molar refractivity (Wildman–Crippen MR) is 102 cm³/mol. The van der Waals surface area contributed by atoms with Crippen LogP contribution in [-0.2, 0) is 4.74 Å². The molecule has 8 nitrogen and oxygen atoms in total. The third-order valence-electron chi connectivity index (χ3n) is 3.16. The van der Waals surface area contributed by atoms with Crippen molar-refractivity contribution in [3.8, 4) is 11.5 Å². The van der Waals surface area contributed by atoms with Crippen molar-refractivity contribution in [2.75, 3.05) is 18.8 Å². The minimum Gasteiger partial charge on any atom is -0.457 e. The molecule has 0 spiro atoms. The topological polar surface area (TPSA) is 116 Å². The third kappa shape index (κ3) is 7.23. The molecule has 2 amide bonds. The second kappa shape index (κ2) is 8.88. The summed E-state index contributed by atoms with van der Waals surface area (Å²) in [6, 6.07) is 10.1. The molecule has 144 valence electrons. The fourth-order valence-electron chi connectivity index (χ4n) is 2.02. The highest BCUT2D eigenvalue weighted by Gasteiger charge is 2.15. The van der Waals surface area contributed by atoms with Gasteiger partial charge in [0.2, 0.25) is 0 Å². The van der Waals surface area contributed by atoms with Gasteiger partial charge in [-0.3, -0.25) is 9.78 Å². The molecule has 0 aliphatic rings. The Labute approximate surface area is 158 Å². The number of nitrogens with zero attached hydrogens (tertiary/aromatic N) is 1. The van der Waals surface area contributed by atoms with E-state index >= 15 is 0 Å². The van der Waals surface area contributed by atoms with Crippen LogP contribution in [0.5, 0.6) is 11.5 Å². The molecule has 1 heterocycles. The van der Waals surface area contributed by atoms with E-state index < -0.39 is 11.7 Å². The zero-order chi connectivity index (χ0) is 19.9. The van der Waals surface area contributed by atoms with Crippen molar-refractivity contribution in [1.29, 1.82) is 0 Å². The van der Waals surface area contributed by atoms with Crippen LogP contribution < -0.4 is 21.1 Å². The first-order valence-corrected chi connectivity index (χ1v) is 8.47. The first-order valence-electron chi connectivity index (χ1n) is 8.47. The van der Waals surface area contributed by atoms with E-state index in [0.717, 1.165) is 0 Å². The predicted octanol–water partition coefficient (Wildman–Crippen LogP) is 2.71. The number of nitrogens with two attached hydrogens (primary N) is 1.